The Kier molecular flexibility index (Phi) is 8.84. The fourth-order valence-corrected chi connectivity index (χ4v) is 3.59. The summed E-state index contributed by atoms with van der Waals surface area (Å²) in [6.07, 6.45) is 0.198. The van der Waals surface area contributed by atoms with E-state index in [2.05, 4.69) is 5.32 Å². The zero-order valence-corrected chi connectivity index (χ0v) is 18.8. The number of amides is 2. The molecule has 0 aliphatic carbocycles. The number of carbonyl (C=O) groups is 2. The highest BCUT2D eigenvalue weighted by atomic mass is 35.5. The predicted molar refractivity (Wildman–Crippen MR) is 126 cm³/mol. The molecule has 0 aliphatic heterocycles. The van der Waals surface area contributed by atoms with E-state index in [-0.39, 0.29) is 24.8 Å². The Morgan fingerprint density at radius 2 is 1.53 bits per heavy atom. The lowest BCUT2D eigenvalue weighted by molar-refractivity contribution is -0.141. The molecule has 0 fully saturated rings. The highest BCUT2D eigenvalue weighted by Crippen LogP contribution is 2.25. The number of hydrogen-bond donors (Lipinski definition) is 1. The molecule has 0 saturated carbocycles. The molecule has 0 bridgehead atoms. The van der Waals surface area contributed by atoms with E-state index in [1.165, 1.54) is 0 Å². The summed E-state index contributed by atoms with van der Waals surface area (Å²) in [4.78, 5) is 28.4. The van der Waals surface area contributed by atoms with E-state index in [0.717, 1.165) is 16.7 Å². The van der Waals surface area contributed by atoms with Crippen LogP contribution in [0.2, 0.25) is 5.02 Å². The first-order valence-electron chi connectivity index (χ1n) is 10.5. The molecule has 0 heterocycles. The third-order valence-corrected chi connectivity index (χ3v) is 5.32. The third-order valence-electron chi connectivity index (χ3n) is 5.07. The van der Waals surface area contributed by atoms with Crippen LogP contribution in [0.25, 0.3) is 0 Å². The van der Waals surface area contributed by atoms with Crippen molar-refractivity contribution in [3.8, 4) is 0 Å². The van der Waals surface area contributed by atoms with Crippen molar-refractivity contribution in [1.82, 2.24) is 10.2 Å². The summed E-state index contributed by atoms with van der Waals surface area (Å²) in [5.74, 6) is -0.384. The Morgan fingerprint density at radius 1 is 0.906 bits per heavy atom. The monoisotopic (exact) mass is 450 g/mol. The summed E-state index contributed by atoms with van der Waals surface area (Å²) in [6.45, 7) is 1.03. The molecule has 1 unspecified atom stereocenters. The molecule has 0 spiro atoms. The van der Waals surface area contributed by atoms with Crippen LogP contribution in [0, 0.1) is 0 Å². The highest BCUT2D eigenvalue weighted by molar-refractivity contribution is 6.30. The van der Waals surface area contributed by atoms with Gasteiger partial charge < -0.3 is 15.0 Å². The van der Waals surface area contributed by atoms with Crippen LogP contribution in [-0.2, 0) is 27.3 Å². The number of ether oxygens (including phenoxy) is 1. The maximum Gasteiger partial charge on any atom is 0.247 e. The highest BCUT2D eigenvalue weighted by Gasteiger charge is 2.31. The molecule has 2 amide bonds. The minimum Gasteiger partial charge on any atom is -0.383 e. The second kappa shape index (κ2) is 12.0. The summed E-state index contributed by atoms with van der Waals surface area (Å²) >= 11 is 6.04. The van der Waals surface area contributed by atoms with E-state index in [4.69, 9.17) is 16.3 Å². The molecule has 1 atom stereocenters. The second-order valence-electron chi connectivity index (χ2n) is 7.41. The van der Waals surface area contributed by atoms with Gasteiger partial charge in [0.05, 0.1) is 13.0 Å². The van der Waals surface area contributed by atoms with Crippen LogP contribution in [0.15, 0.2) is 84.9 Å². The van der Waals surface area contributed by atoms with Gasteiger partial charge in [0, 0.05) is 25.2 Å². The lowest BCUT2D eigenvalue weighted by Crippen LogP contribution is -2.44. The molecular formula is C26H27ClN2O3. The molecule has 6 heteroatoms. The van der Waals surface area contributed by atoms with E-state index in [1.54, 1.807) is 24.1 Å². The van der Waals surface area contributed by atoms with Crippen molar-refractivity contribution < 1.29 is 14.3 Å². The first-order chi connectivity index (χ1) is 15.6. The number of methoxy groups -OCH3 is 1. The zero-order valence-electron chi connectivity index (χ0n) is 18.0. The van der Waals surface area contributed by atoms with E-state index >= 15 is 0 Å². The number of benzene rings is 3. The van der Waals surface area contributed by atoms with Gasteiger partial charge in [0.2, 0.25) is 11.8 Å². The average Bonchev–Trinajstić information content (AvgIpc) is 2.81. The number of rotatable bonds is 10. The van der Waals surface area contributed by atoms with Gasteiger partial charge >= 0.3 is 0 Å². The minimum absolute atomic E-state index is 0.137. The molecule has 32 heavy (non-hydrogen) atoms. The summed E-state index contributed by atoms with van der Waals surface area (Å²) < 4.78 is 5.06. The van der Waals surface area contributed by atoms with E-state index in [9.17, 15) is 9.59 Å². The minimum atomic E-state index is -0.778. The molecule has 0 radical (unpaired) electrons. The SMILES string of the molecule is COCCNC(=O)C(c1ccccc1)N(Cc1ccc(Cl)cc1)C(=O)Cc1ccccc1. The normalized spacial score (nSPS) is 11.6. The maximum atomic E-state index is 13.5. The number of carbonyl (C=O) groups excluding carboxylic acids is 2. The molecule has 0 aliphatic rings. The quantitative estimate of drug-likeness (QED) is 0.465. The van der Waals surface area contributed by atoms with E-state index < -0.39 is 6.04 Å². The Morgan fingerprint density at radius 3 is 2.16 bits per heavy atom. The molecule has 3 aromatic rings. The predicted octanol–water partition coefficient (Wildman–Crippen LogP) is 4.42. The van der Waals surface area contributed by atoms with Gasteiger partial charge in [-0.05, 0) is 28.8 Å². The first kappa shape index (κ1) is 23.5. The fourth-order valence-electron chi connectivity index (χ4n) is 3.46. The van der Waals surface area contributed by atoms with Crippen LogP contribution in [-0.4, -0.2) is 37.0 Å². The van der Waals surface area contributed by atoms with Crippen molar-refractivity contribution in [2.45, 2.75) is 19.0 Å². The van der Waals surface area contributed by atoms with Gasteiger partial charge in [0.25, 0.3) is 0 Å². The van der Waals surface area contributed by atoms with Crippen LogP contribution in [0.3, 0.4) is 0 Å². The summed E-state index contributed by atoms with van der Waals surface area (Å²) in [5.41, 5.74) is 2.53. The zero-order chi connectivity index (χ0) is 22.8. The van der Waals surface area contributed by atoms with Crippen molar-refractivity contribution in [2.75, 3.05) is 20.3 Å². The molecule has 166 valence electrons. The van der Waals surface area contributed by atoms with Gasteiger partial charge in [0.15, 0.2) is 0 Å². The largest absolute Gasteiger partial charge is 0.383 e. The standard InChI is InChI=1S/C26H27ClN2O3/c1-32-17-16-28-26(31)25(22-10-6-3-7-11-22)29(19-21-12-14-23(27)15-13-21)24(30)18-20-8-4-2-5-9-20/h2-15,25H,16-19H2,1H3,(H,28,31). The van der Waals surface area contributed by atoms with Crippen LogP contribution < -0.4 is 5.32 Å². The third kappa shape index (κ3) is 6.67. The molecule has 0 aromatic heterocycles. The average molecular weight is 451 g/mol. The summed E-state index contributed by atoms with van der Waals surface area (Å²) in [6, 6.07) is 25.4. The molecule has 3 rings (SSSR count). The van der Waals surface area contributed by atoms with E-state index in [1.807, 2.05) is 72.8 Å². The Bertz CT molecular complexity index is 995. The van der Waals surface area contributed by atoms with Gasteiger partial charge in [-0.25, -0.2) is 0 Å². The van der Waals surface area contributed by atoms with Gasteiger partial charge in [-0.2, -0.15) is 0 Å². The van der Waals surface area contributed by atoms with Gasteiger partial charge in [-0.3, -0.25) is 9.59 Å². The number of halogens is 1. The molecule has 3 aromatic carbocycles. The Hall–Kier alpha value is -3.15. The van der Waals surface area contributed by atoms with Crippen LogP contribution in [0.5, 0.6) is 0 Å². The molecule has 0 saturated heterocycles. The summed E-state index contributed by atoms with van der Waals surface area (Å²) in [7, 11) is 1.58. The first-order valence-corrected chi connectivity index (χ1v) is 10.9. The van der Waals surface area contributed by atoms with Crippen molar-refractivity contribution >= 4 is 23.4 Å². The van der Waals surface area contributed by atoms with Crippen molar-refractivity contribution in [1.29, 1.82) is 0 Å². The number of nitrogens with zero attached hydrogens (tertiary/aromatic N) is 1. The van der Waals surface area contributed by atoms with Gasteiger partial charge in [-0.1, -0.05) is 84.4 Å². The Labute approximate surface area is 194 Å². The number of nitrogens with one attached hydrogen (secondary N) is 1. The van der Waals surface area contributed by atoms with Gasteiger partial charge in [0.1, 0.15) is 6.04 Å². The number of hydrogen-bond acceptors (Lipinski definition) is 3. The van der Waals surface area contributed by atoms with Crippen LogP contribution in [0.1, 0.15) is 22.7 Å². The topological polar surface area (TPSA) is 58.6 Å². The van der Waals surface area contributed by atoms with Crippen LogP contribution in [0.4, 0.5) is 0 Å². The smallest absolute Gasteiger partial charge is 0.247 e. The van der Waals surface area contributed by atoms with Gasteiger partial charge in [-0.15, -0.1) is 0 Å². The molecular weight excluding hydrogens is 424 g/mol. The van der Waals surface area contributed by atoms with Crippen molar-refractivity contribution in [3.05, 3.63) is 107 Å². The summed E-state index contributed by atoms with van der Waals surface area (Å²) in [5, 5.41) is 3.52. The molecule has 5 nitrogen and oxygen atoms in total. The fraction of sp³-hybridized carbons (Fsp3) is 0.231. The lowest BCUT2D eigenvalue weighted by atomic mass is 10.0. The van der Waals surface area contributed by atoms with E-state index in [0.29, 0.717) is 18.2 Å². The van der Waals surface area contributed by atoms with Crippen molar-refractivity contribution in [3.63, 3.8) is 0 Å². The lowest BCUT2D eigenvalue weighted by Gasteiger charge is -2.32. The Balaban J connectivity index is 1.96. The van der Waals surface area contributed by atoms with Crippen molar-refractivity contribution in [2.24, 2.45) is 0 Å². The van der Waals surface area contributed by atoms with Crippen LogP contribution >= 0.6 is 11.6 Å². The maximum absolute atomic E-state index is 13.5. The second-order valence-corrected chi connectivity index (χ2v) is 7.84. The molecule has 1 N–H and O–H groups in total.